The van der Waals surface area contributed by atoms with E-state index in [0.29, 0.717) is 5.02 Å². The molecule has 0 bridgehead atoms. The van der Waals surface area contributed by atoms with Crippen LogP contribution in [0.15, 0.2) is 47.6 Å². The van der Waals surface area contributed by atoms with Gasteiger partial charge in [-0.2, -0.15) is 5.10 Å². The molecular weight excluding hydrogens is 374 g/mol. The van der Waals surface area contributed by atoms with Crippen LogP contribution >= 0.6 is 11.6 Å². The maximum atomic E-state index is 9.91. The number of benzene rings is 2. The van der Waals surface area contributed by atoms with Gasteiger partial charge in [-0.3, -0.25) is 0 Å². The lowest BCUT2D eigenvalue weighted by atomic mass is 9.90. The van der Waals surface area contributed by atoms with Gasteiger partial charge in [0.2, 0.25) is 5.72 Å². The van der Waals surface area contributed by atoms with E-state index >= 15 is 0 Å². The second-order valence-electron chi connectivity index (χ2n) is 8.00. The van der Waals surface area contributed by atoms with Gasteiger partial charge in [-0.05, 0) is 37.3 Å². The molecule has 5 rings (SSSR count). The first kappa shape index (κ1) is 17.8. The minimum absolute atomic E-state index is 0.114. The molecule has 0 radical (unpaired) electrons. The highest BCUT2D eigenvalue weighted by atomic mass is 35.5. The molecule has 5 nitrogen and oxygen atoms in total. The number of phenols is 1. The summed E-state index contributed by atoms with van der Waals surface area (Å²) in [5.74, 6) is 1.19. The number of aromatic hydroxyl groups is 1. The number of likely N-dealkylation sites (tertiary alicyclic amines) is 1. The van der Waals surface area contributed by atoms with Crippen molar-refractivity contribution in [3.63, 3.8) is 0 Å². The van der Waals surface area contributed by atoms with Gasteiger partial charge in [0.05, 0.1) is 44.2 Å². The summed E-state index contributed by atoms with van der Waals surface area (Å²) in [5.41, 5.74) is 2.65. The molecule has 146 valence electrons. The molecule has 3 aliphatic heterocycles. The Labute approximate surface area is 170 Å². The SMILES string of the molecule is CC[NH+]1CCC2(CC1)Oc1ccc(Cl)cc1[C@H]1CC(c3cccc(O)c3)=NN12. The van der Waals surface area contributed by atoms with Crippen molar-refractivity contribution in [2.24, 2.45) is 5.10 Å². The Bertz CT molecular complexity index is 937. The molecule has 3 aliphatic rings. The van der Waals surface area contributed by atoms with Crippen LogP contribution in [0, 0.1) is 0 Å². The molecule has 28 heavy (non-hydrogen) atoms. The molecule has 6 heteroatoms. The van der Waals surface area contributed by atoms with Gasteiger partial charge < -0.3 is 14.7 Å². The zero-order valence-electron chi connectivity index (χ0n) is 16.0. The standard InChI is InChI=1S/C22H24ClN3O2/c1-2-25-10-8-22(9-11-25)26-20(18-13-16(23)6-7-21(18)28-22)14-19(24-26)15-4-3-5-17(27)12-15/h3-7,12-13,20,27H,2,8-11,14H2,1H3/p+1/t20-/m1/s1. The van der Waals surface area contributed by atoms with Crippen LogP contribution in [0.25, 0.3) is 0 Å². The average molecular weight is 399 g/mol. The van der Waals surface area contributed by atoms with Crippen molar-refractivity contribution in [2.75, 3.05) is 19.6 Å². The molecule has 1 fully saturated rings. The predicted molar refractivity (Wildman–Crippen MR) is 109 cm³/mol. The van der Waals surface area contributed by atoms with Gasteiger partial charge in [0, 0.05) is 22.6 Å². The van der Waals surface area contributed by atoms with Crippen molar-refractivity contribution < 1.29 is 14.7 Å². The minimum Gasteiger partial charge on any atom is -0.508 e. The molecule has 0 amide bonds. The first-order valence-electron chi connectivity index (χ1n) is 10.1. The molecule has 2 N–H and O–H groups in total. The number of hydrogen-bond donors (Lipinski definition) is 2. The summed E-state index contributed by atoms with van der Waals surface area (Å²) in [4.78, 5) is 1.61. The van der Waals surface area contributed by atoms with Crippen LogP contribution in [0.5, 0.6) is 11.5 Å². The number of fused-ring (bicyclic) bond motifs is 4. The monoisotopic (exact) mass is 398 g/mol. The molecule has 0 saturated carbocycles. The number of quaternary nitrogens is 1. The van der Waals surface area contributed by atoms with Crippen LogP contribution in [0.2, 0.25) is 5.02 Å². The topological polar surface area (TPSA) is 49.5 Å². The van der Waals surface area contributed by atoms with Crippen LogP contribution in [-0.4, -0.2) is 41.2 Å². The second kappa shape index (κ2) is 6.68. The van der Waals surface area contributed by atoms with Gasteiger partial charge in [-0.25, -0.2) is 5.01 Å². The Morgan fingerprint density at radius 2 is 2.07 bits per heavy atom. The fraction of sp³-hybridized carbons (Fsp3) is 0.409. The number of nitrogens with one attached hydrogen (secondary N) is 1. The Balaban J connectivity index is 1.57. The number of halogens is 1. The smallest absolute Gasteiger partial charge is 0.208 e. The molecule has 2 aromatic carbocycles. The van der Waals surface area contributed by atoms with Crippen LogP contribution in [0.4, 0.5) is 0 Å². The second-order valence-corrected chi connectivity index (χ2v) is 8.43. The quantitative estimate of drug-likeness (QED) is 0.817. The Hall–Kier alpha value is -2.24. The number of hydrogen-bond acceptors (Lipinski definition) is 4. The highest BCUT2D eigenvalue weighted by molar-refractivity contribution is 6.30. The zero-order chi connectivity index (χ0) is 19.3. The Morgan fingerprint density at radius 3 is 2.82 bits per heavy atom. The highest BCUT2D eigenvalue weighted by Gasteiger charge is 2.52. The van der Waals surface area contributed by atoms with Gasteiger partial charge in [0.25, 0.3) is 0 Å². The van der Waals surface area contributed by atoms with Gasteiger partial charge in [0.1, 0.15) is 11.5 Å². The Kier molecular flexibility index (Phi) is 4.25. The summed E-state index contributed by atoms with van der Waals surface area (Å²) >= 11 is 6.31. The van der Waals surface area contributed by atoms with Crippen LogP contribution < -0.4 is 9.64 Å². The summed E-state index contributed by atoms with van der Waals surface area (Å²) in [6, 6.07) is 13.4. The van der Waals surface area contributed by atoms with Crippen molar-refractivity contribution >= 4 is 17.3 Å². The van der Waals surface area contributed by atoms with Crippen LogP contribution in [0.3, 0.4) is 0 Å². The van der Waals surface area contributed by atoms with Gasteiger partial charge >= 0.3 is 0 Å². The molecule has 2 aromatic rings. The lowest BCUT2D eigenvalue weighted by molar-refractivity contribution is -0.906. The van der Waals surface area contributed by atoms with E-state index in [2.05, 4.69) is 11.9 Å². The lowest BCUT2D eigenvalue weighted by Gasteiger charge is -2.50. The van der Waals surface area contributed by atoms with Crippen molar-refractivity contribution in [2.45, 2.75) is 38.0 Å². The zero-order valence-corrected chi connectivity index (χ0v) is 16.7. The number of rotatable bonds is 2. The van der Waals surface area contributed by atoms with Gasteiger partial charge in [-0.1, -0.05) is 23.7 Å². The minimum atomic E-state index is -0.400. The molecular formula is C22H25ClN3O2+. The maximum absolute atomic E-state index is 9.91. The molecule has 1 spiro atoms. The van der Waals surface area contributed by atoms with E-state index in [1.165, 1.54) is 0 Å². The predicted octanol–water partition coefficient (Wildman–Crippen LogP) is 2.98. The highest BCUT2D eigenvalue weighted by Crippen LogP contribution is 2.49. The van der Waals surface area contributed by atoms with Crippen molar-refractivity contribution in [1.29, 1.82) is 0 Å². The molecule has 1 saturated heterocycles. The molecule has 3 heterocycles. The maximum Gasteiger partial charge on any atom is 0.208 e. The summed E-state index contributed by atoms with van der Waals surface area (Å²) in [6.07, 6.45) is 2.68. The largest absolute Gasteiger partial charge is 0.508 e. The fourth-order valence-electron chi connectivity index (χ4n) is 4.79. The third-order valence-corrected chi connectivity index (χ3v) is 6.61. The molecule has 1 atom stereocenters. The lowest BCUT2D eigenvalue weighted by Crippen LogP contribution is -3.13. The molecule has 0 aliphatic carbocycles. The summed E-state index contributed by atoms with van der Waals surface area (Å²) in [5, 5.41) is 17.9. The number of ether oxygens (including phenoxy) is 1. The van der Waals surface area contributed by atoms with Gasteiger partial charge in [0.15, 0.2) is 0 Å². The van der Waals surface area contributed by atoms with E-state index in [0.717, 1.165) is 61.5 Å². The first-order valence-corrected chi connectivity index (χ1v) is 10.4. The van der Waals surface area contributed by atoms with E-state index < -0.39 is 5.72 Å². The summed E-state index contributed by atoms with van der Waals surface area (Å²) in [7, 11) is 0. The van der Waals surface area contributed by atoms with E-state index in [-0.39, 0.29) is 11.8 Å². The van der Waals surface area contributed by atoms with Crippen molar-refractivity contribution in [3.05, 3.63) is 58.6 Å². The first-order chi connectivity index (χ1) is 13.6. The van der Waals surface area contributed by atoms with Crippen molar-refractivity contribution in [3.8, 4) is 11.5 Å². The number of hydrazone groups is 1. The normalized spacial score (nSPS) is 28.5. The van der Waals surface area contributed by atoms with E-state index in [1.807, 2.05) is 30.3 Å². The number of piperidine rings is 1. The van der Waals surface area contributed by atoms with E-state index in [4.69, 9.17) is 21.4 Å². The third-order valence-electron chi connectivity index (χ3n) is 6.38. The average Bonchev–Trinajstić information content (AvgIpc) is 3.16. The summed E-state index contributed by atoms with van der Waals surface area (Å²) < 4.78 is 6.63. The third kappa shape index (κ3) is 2.85. The van der Waals surface area contributed by atoms with E-state index in [9.17, 15) is 5.11 Å². The molecule has 0 unspecified atom stereocenters. The number of phenolic OH excluding ortho intramolecular Hbond substituents is 1. The Morgan fingerprint density at radius 1 is 1.25 bits per heavy atom. The number of nitrogens with zero attached hydrogens (tertiary/aromatic N) is 2. The van der Waals surface area contributed by atoms with Crippen molar-refractivity contribution in [1.82, 2.24) is 5.01 Å². The van der Waals surface area contributed by atoms with Crippen LogP contribution in [-0.2, 0) is 0 Å². The fourth-order valence-corrected chi connectivity index (χ4v) is 4.97. The van der Waals surface area contributed by atoms with Gasteiger partial charge in [-0.15, -0.1) is 0 Å². The molecule has 0 aromatic heterocycles. The van der Waals surface area contributed by atoms with E-state index in [1.54, 1.807) is 17.0 Å². The van der Waals surface area contributed by atoms with Crippen LogP contribution in [0.1, 0.15) is 43.4 Å². The summed E-state index contributed by atoms with van der Waals surface area (Å²) in [6.45, 7) is 5.55.